The maximum atomic E-state index is 12.3. The summed E-state index contributed by atoms with van der Waals surface area (Å²) in [5.74, 6) is 1.67. The predicted octanol–water partition coefficient (Wildman–Crippen LogP) is 3.21. The van der Waals surface area contributed by atoms with Gasteiger partial charge in [0.25, 0.3) is 5.91 Å². The van der Waals surface area contributed by atoms with Crippen LogP contribution in [0.3, 0.4) is 0 Å². The molecule has 1 heterocycles. The van der Waals surface area contributed by atoms with Crippen LogP contribution in [-0.2, 0) is 0 Å². The highest BCUT2D eigenvalue weighted by Crippen LogP contribution is 2.38. The highest BCUT2D eigenvalue weighted by molar-refractivity contribution is 6.30. The number of hydrogen-bond acceptors (Lipinski definition) is 1. The second kappa shape index (κ2) is 4.34. The first-order valence-corrected chi connectivity index (χ1v) is 6.66. The Kier molecular flexibility index (Phi) is 2.83. The molecule has 2 unspecified atom stereocenters. The van der Waals surface area contributed by atoms with E-state index >= 15 is 0 Å². The number of amides is 1. The van der Waals surface area contributed by atoms with Gasteiger partial charge in [-0.2, -0.15) is 0 Å². The predicted molar refractivity (Wildman–Crippen MR) is 68.2 cm³/mol. The molecular weight excluding hydrogens is 234 g/mol. The van der Waals surface area contributed by atoms with E-state index in [2.05, 4.69) is 0 Å². The van der Waals surface area contributed by atoms with Crippen LogP contribution in [0.25, 0.3) is 0 Å². The molecule has 2 fully saturated rings. The Balaban J connectivity index is 1.73. The summed E-state index contributed by atoms with van der Waals surface area (Å²) in [6.07, 6.45) is 3.95. The fourth-order valence-electron chi connectivity index (χ4n) is 3.18. The zero-order valence-electron chi connectivity index (χ0n) is 9.73. The molecule has 1 saturated heterocycles. The smallest absolute Gasteiger partial charge is 0.253 e. The minimum Gasteiger partial charge on any atom is -0.338 e. The van der Waals surface area contributed by atoms with Crippen LogP contribution in [0.5, 0.6) is 0 Å². The molecule has 2 aliphatic rings. The Hall–Kier alpha value is -1.02. The molecule has 1 amide bonds. The van der Waals surface area contributed by atoms with Crippen molar-refractivity contribution >= 4 is 17.5 Å². The number of likely N-dealkylation sites (tertiary alicyclic amines) is 1. The molecule has 2 nitrogen and oxygen atoms in total. The molecule has 1 saturated carbocycles. The topological polar surface area (TPSA) is 20.3 Å². The highest BCUT2D eigenvalue weighted by atomic mass is 35.5. The standard InChI is InChI=1S/C14H16ClNO/c15-13-6-4-10(5-7-13)14(17)16-8-11-2-1-3-12(11)9-16/h4-7,11-12H,1-3,8-9H2. The Morgan fingerprint density at radius 1 is 1.12 bits per heavy atom. The van der Waals surface area contributed by atoms with Gasteiger partial charge in [0.05, 0.1) is 0 Å². The van der Waals surface area contributed by atoms with Crippen molar-refractivity contribution in [3.63, 3.8) is 0 Å². The molecule has 1 aliphatic heterocycles. The molecule has 90 valence electrons. The lowest BCUT2D eigenvalue weighted by molar-refractivity contribution is 0.0780. The van der Waals surface area contributed by atoms with E-state index < -0.39 is 0 Å². The van der Waals surface area contributed by atoms with Gasteiger partial charge in [0.1, 0.15) is 0 Å². The summed E-state index contributed by atoms with van der Waals surface area (Å²) in [6.45, 7) is 1.90. The van der Waals surface area contributed by atoms with Crippen LogP contribution in [0.15, 0.2) is 24.3 Å². The molecule has 3 rings (SSSR count). The van der Waals surface area contributed by atoms with E-state index in [9.17, 15) is 4.79 Å². The molecule has 0 spiro atoms. The average Bonchev–Trinajstić information content (AvgIpc) is 2.89. The van der Waals surface area contributed by atoms with E-state index in [1.807, 2.05) is 17.0 Å². The van der Waals surface area contributed by atoms with E-state index in [1.165, 1.54) is 19.3 Å². The van der Waals surface area contributed by atoms with Gasteiger partial charge in [0.15, 0.2) is 0 Å². The number of hydrogen-bond donors (Lipinski definition) is 0. The van der Waals surface area contributed by atoms with Gasteiger partial charge >= 0.3 is 0 Å². The fraction of sp³-hybridized carbons (Fsp3) is 0.500. The SMILES string of the molecule is O=C(c1ccc(Cl)cc1)N1CC2CCCC2C1. The van der Waals surface area contributed by atoms with Gasteiger partial charge < -0.3 is 4.90 Å². The maximum absolute atomic E-state index is 12.3. The first-order valence-electron chi connectivity index (χ1n) is 6.29. The van der Waals surface area contributed by atoms with Gasteiger partial charge in [0, 0.05) is 23.7 Å². The number of nitrogens with zero attached hydrogens (tertiary/aromatic N) is 1. The zero-order valence-corrected chi connectivity index (χ0v) is 10.5. The number of halogens is 1. The van der Waals surface area contributed by atoms with Crippen molar-refractivity contribution in [2.75, 3.05) is 13.1 Å². The zero-order chi connectivity index (χ0) is 11.8. The summed E-state index contributed by atoms with van der Waals surface area (Å²) in [6, 6.07) is 7.20. The summed E-state index contributed by atoms with van der Waals surface area (Å²) >= 11 is 5.83. The van der Waals surface area contributed by atoms with Crippen LogP contribution in [0.2, 0.25) is 5.02 Å². The van der Waals surface area contributed by atoms with Crippen molar-refractivity contribution in [1.29, 1.82) is 0 Å². The van der Waals surface area contributed by atoms with Gasteiger partial charge in [-0.1, -0.05) is 18.0 Å². The fourth-order valence-corrected chi connectivity index (χ4v) is 3.30. The van der Waals surface area contributed by atoms with Crippen LogP contribution >= 0.6 is 11.6 Å². The molecule has 2 atom stereocenters. The lowest BCUT2D eigenvalue weighted by Gasteiger charge is -2.17. The monoisotopic (exact) mass is 249 g/mol. The summed E-state index contributed by atoms with van der Waals surface area (Å²) < 4.78 is 0. The molecule has 0 N–H and O–H groups in total. The molecule has 1 aromatic carbocycles. The molecule has 1 aliphatic carbocycles. The Bertz CT molecular complexity index is 416. The Labute approximate surface area is 107 Å². The lowest BCUT2D eigenvalue weighted by atomic mass is 10.0. The van der Waals surface area contributed by atoms with Crippen LogP contribution in [0, 0.1) is 11.8 Å². The van der Waals surface area contributed by atoms with Crippen molar-refractivity contribution in [3.05, 3.63) is 34.9 Å². The normalized spacial score (nSPS) is 27.2. The first-order chi connectivity index (χ1) is 8.24. The van der Waals surface area contributed by atoms with Crippen molar-refractivity contribution in [2.45, 2.75) is 19.3 Å². The number of fused-ring (bicyclic) bond motifs is 1. The van der Waals surface area contributed by atoms with Gasteiger partial charge in [-0.15, -0.1) is 0 Å². The average molecular weight is 250 g/mol. The first kappa shape index (κ1) is 11.1. The quantitative estimate of drug-likeness (QED) is 0.749. The maximum Gasteiger partial charge on any atom is 0.253 e. The highest BCUT2D eigenvalue weighted by Gasteiger charge is 2.38. The van der Waals surface area contributed by atoms with Crippen LogP contribution < -0.4 is 0 Å². The van der Waals surface area contributed by atoms with Crippen molar-refractivity contribution in [3.8, 4) is 0 Å². The summed E-state index contributed by atoms with van der Waals surface area (Å²) in [5, 5.41) is 0.680. The number of carbonyl (C=O) groups excluding carboxylic acids is 1. The number of benzene rings is 1. The third kappa shape index (κ3) is 2.06. The van der Waals surface area contributed by atoms with E-state index in [1.54, 1.807) is 12.1 Å². The number of carbonyl (C=O) groups is 1. The second-order valence-electron chi connectivity index (χ2n) is 5.17. The molecule has 0 bridgehead atoms. The molecular formula is C14H16ClNO. The molecule has 1 aromatic rings. The van der Waals surface area contributed by atoms with Crippen LogP contribution in [0.4, 0.5) is 0 Å². The van der Waals surface area contributed by atoms with Crippen molar-refractivity contribution in [1.82, 2.24) is 4.90 Å². The van der Waals surface area contributed by atoms with Gasteiger partial charge in [-0.05, 0) is 48.9 Å². The van der Waals surface area contributed by atoms with Crippen molar-refractivity contribution < 1.29 is 4.79 Å². The molecule has 0 radical (unpaired) electrons. The van der Waals surface area contributed by atoms with Gasteiger partial charge in [0.2, 0.25) is 0 Å². The summed E-state index contributed by atoms with van der Waals surface area (Å²) in [7, 11) is 0. The van der Waals surface area contributed by atoms with Crippen LogP contribution in [0.1, 0.15) is 29.6 Å². The Morgan fingerprint density at radius 3 is 2.29 bits per heavy atom. The largest absolute Gasteiger partial charge is 0.338 e. The van der Waals surface area contributed by atoms with E-state index in [-0.39, 0.29) is 5.91 Å². The third-order valence-corrected chi connectivity index (χ3v) is 4.36. The minimum absolute atomic E-state index is 0.163. The lowest BCUT2D eigenvalue weighted by Crippen LogP contribution is -2.29. The van der Waals surface area contributed by atoms with E-state index in [4.69, 9.17) is 11.6 Å². The van der Waals surface area contributed by atoms with E-state index in [0.717, 1.165) is 30.5 Å². The van der Waals surface area contributed by atoms with Crippen LogP contribution in [-0.4, -0.2) is 23.9 Å². The van der Waals surface area contributed by atoms with Crippen molar-refractivity contribution in [2.24, 2.45) is 11.8 Å². The molecule has 17 heavy (non-hydrogen) atoms. The second-order valence-corrected chi connectivity index (χ2v) is 5.60. The summed E-state index contributed by atoms with van der Waals surface area (Å²) in [4.78, 5) is 14.3. The summed E-state index contributed by atoms with van der Waals surface area (Å²) in [5.41, 5.74) is 0.759. The van der Waals surface area contributed by atoms with E-state index in [0.29, 0.717) is 5.02 Å². The molecule has 3 heteroatoms. The Morgan fingerprint density at radius 2 is 1.71 bits per heavy atom. The molecule has 0 aromatic heterocycles. The minimum atomic E-state index is 0.163. The third-order valence-electron chi connectivity index (χ3n) is 4.10. The van der Waals surface area contributed by atoms with Gasteiger partial charge in [-0.3, -0.25) is 4.79 Å². The number of rotatable bonds is 1. The van der Waals surface area contributed by atoms with Gasteiger partial charge in [-0.25, -0.2) is 0 Å².